The molecule has 1 heterocycles. The molecule has 0 aromatic carbocycles. The first-order valence-corrected chi connectivity index (χ1v) is 4.89. The van der Waals surface area contributed by atoms with Crippen molar-refractivity contribution in [3.05, 3.63) is 0 Å². The molecule has 0 amide bonds. The zero-order valence-corrected chi connectivity index (χ0v) is 7.37. The van der Waals surface area contributed by atoms with Crippen molar-refractivity contribution >= 4 is 11.4 Å². The summed E-state index contributed by atoms with van der Waals surface area (Å²) in [5.41, 5.74) is 0. The van der Waals surface area contributed by atoms with Crippen LogP contribution >= 0.6 is 11.4 Å². The molecule has 0 bridgehead atoms. The van der Waals surface area contributed by atoms with Gasteiger partial charge in [0.15, 0.2) is 0 Å². The van der Waals surface area contributed by atoms with E-state index in [4.69, 9.17) is 0 Å². The highest BCUT2D eigenvalue weighted by atomic mass is 32.3. The average molecular weight is 187 g/mol. The highest BCUT2D eigenvalue weighted by Crippen LogP contribution is 2.59. The molecule has 2 unspecified atom stereocenters. The number of hydrogen-bond donors (Lipinski definition) is 0. The first-order valence-electron chi connectivity index (χ1n) is 3.60. The fourth-order valence-electron chi connectivity index (χ4n) is 1.55. The molecule has 1 saturated heterocycles. The van der Waals surface area contributed by atoms with Crippen LogP contribution in [-0.2, 0) is 0 Å². The molecule has 0 radical (unpaired) electrons. The molecule has 0 saturated carbocycles. The summed E-state index contributed by atoms with van der Waals surface area (Å²) >= 11 is -4.95. The van der Waals surface area contributed by atoms with Gasteiger partial charge in [0, 0.05) is 12.6 Å². The Bertz CT molecular complexity index is 147. The second-order valence-electron chi connectivity index (χ2n) is 3.17. The van der Waals surface area contributed by atoms with Crippen molar-refractivity contribution in [2.45, 2.75) is 26.3 Å². The quantitative estimate of drug-likeness (QED) is 0.609. The van der Waals surface area contributed by atoms with Crippen LogP contribution in [0.15, 0.2) is 0 Å². The van der Waals surface area contributed by atoms with Crippen LogP contribution in [0.25, 0.3) is 0 Å². The van der Waals surface area contributed by atoms with E-state index in [1.54, 1.807) is 6.92 Å². The normalized spacial score (nSPS) is 36.1. The Balaban J connectivity index is 2.60. The van der Waals surface area contributed by atoms with Gasteiger partial charge in [-0.2, -0.15) is 4.31 Å². The molecule has 0 N–H and O–H groups in total. The largest absolute Gasteiger partial charge is 0.278 e. The molecule has 5 heteroatoms. The summed E-state index contributed by atoms with van der Waals surface area (Å²) in [6.45, 7) is 3.70. The van der Waals surface area contributed by atoms with Gasteiger partial charge in [-0.05, 0) is 19.3 Å². The van der Waals surface area contributed by atoms with Gasteiger partial charge < -0.3 is 0 Å². The van der Waals surface area contributed by atoms with Gasteiger partial charge >= 0.3 is 0 Å². The van der Waals surface area contributed by atoms with Crippen molar-refractivity contribution in [3.8, 4) is 0 Å². The Kier molecular flexibility index (Phi) is 2.39. The van der Waals surface area contributed by atoms with Crippen molar-refractivity contribution in [2.75, 3.05) is 6.54 Å². The van der Waals surface area contributed by atoms with E-state index in [1.807, 2.05) is 6.92 Å². The smallest absolute Gasteiger partial charge is 0.190 e. The molecule has 11 heavy (non-hydrogen) atoms. The number of rotatable bonds is 1. The molecule has 0 aliphatic carbocycles. The van der Waals surface area contributed by atoms with Crippen LogP contribution < -0.4 is 0 Å². The van der Waals surface area contributed by atoms with E-state index in [2.05, 4.69) is 0 Å². The molecule has 1 aliphatic rings. The lowest BCUT2D eigenvalue weighted by molar-refractivity contribution is 0.378. The molecule has 0 aromatic heterocycles. The van der Waals surface area contributed by atoms with Crippen LogP contribution in [0.2, 0.25) is 0 Å². The van der Waals surface area contributed by atoms with Gasteiger partial charge in [-0.25, -0.2) is 0 Å². The van der Waals surface area contributed by atoms with E-state index >= 15 is 0 Å². The summed E-state index contributed by atoms with van der Waals surface area (Å²) in [5.74, 6) is 0.194. The Morgan fingerprint density at radius 1 is 1.27 bits per heavy atom. The molecule has 2 atom stereocenters. The third-order valence-electron chi connectivity index (χ3n) is 1.99. The minimum absolute atomic E-state index is 0.194. The molecular formula is C6H12F3NS. The second kappa shape index (κ2) is 2.86. The first-order chi connectivity index (χ1) is 4.91. The highest BCUT2D eigenvalue weighted by Gasteiger charge is 2.40. The summed E-state index contributed by atoms with van der Waals surface area (Å²) in [6, 6.07) is -0.306. The SMILES string of the molecule is CC1CC(C)N(S(F)(F)F)C1. The van der Waals surface area contributed by atoms with Gasteiger partial charge in [-0.15, -0.1) is 11.7 Å². The lowest BCUT2D eigenvalue weighted by Gasteiger charge is -2.25. The van der Waals surface area contributed by atoms with Crippen LogP contribution in [-0.4, -0.2) is 16.9 Å². The van der Waals surface area contributed by atoms with Crippen molar-refractivity contribution in [1.29, 1.82) is 0 Å². The van der Waals surface area contributed by atoms with Gasteiger partial charge in [-0.1, -0.05) is 6.92 Å². The lowest BCUT2D eigenvalue weighted by Crippen LogP contribution is -2.24. The van der Waals surface area contributed by atoms with Crippen LogP contribution in [0.1, 0.15) is 20.3 Å². The fraction of sp³-hybridized carbons (Fsp3) is 1.00. The molecular weight excluding hydrogens is 175 g/mol. The van der Waals surface area contributed by atoms with E-state index in [0.717, 1.165) is 0 Å². The average Bonchev–Trinajstić information content (AvgIpc) is 2.08. The van der Waals surface area contributed by atoms with E-state index in [9.17, 15) is 11.7 Å². The number of halogens is 3. The molecule has 0 aromatic rings. The molecule has 1 nitrogen and oxygen atoms in total. The predicted octanol–water partition coefficient (Wildman–Crippen LogP) is 3.09. The molecule has 1 rings (SSSR count). The maximum atomic E-state index is 12.2. The fourth-order valence-corrected chi connectivity index (χ4v) is 2.47. The van der Waals surface area contributed by atoms with Gasteiger partial charge in [0.25, 0.3) is 11.4 Å². The van der Waals surface area contributed by atoms with E-state index in [-0.39, 0.29) is 18.5 Å². The summed E-state index contributed by atoms with van der Waals surface area (Å²) < 4.78 is 37.3. The summed E-state index contributed by atoms with van der Waals surface area (Å²) in [6.07, 6.45) is 0.673. The maximum absolute atomic E-state index is 12.2. The minimum atomic E-state index is -4.95. The summed E-state index contributed by atoms with van der Waals surface area (Å²) in [5, 5.41) is 0. The zero-order chi connectivity index (χ0) is 8.65. The van der Waals surface area contributed by atoms with Crippen LogP contribution in [0.3, 0.4) is 0 Å². The van der Waals surface area contributed by atoms with Crippen LogP contribution in [0.4, 0.5) is 11.7 Å². The van der Waals surface area contributed by atoms with E-state index in [1.165, 1.54) is 0 Å². The third-order valence-corrected chi connectivity index (χ3v) is 3.03. The second-order valence-corrected chi connectivity index (χ2v) is 4.40. The predicted molar refractivity (Wildman–Crippen MR) is 40.9 cm³/mol. The van der Waals surface area contributed by atoms with Crippen molar-refractivity contribution in [3.63, 3.8) is 0 Å². The van der Waals surface area contributed by atoms with Crippen molar-refractivity contribution < 1.29 is 11.7 Å². The maximum Gasteiger partial charge on any atom is 0.278 e. The topological polar surface area (TPSA) is 3.24 Å². The third kappa shape index (κ3) is 2.02. The standard InChI is InChI=1S/C6H12F3NS/c1-5-3-6(2)10(4-5)11(7,8)9/h5-6H,3-4H2,1-2H3. The molecule has 0 spiro atoms. The van der Waals surface area contributed by atoms with Gasteiger partial charge in [-0.3, -0.25) is 0 Å². The monoisotopic (exact) mass is 187 g/mol. The van der Waals surface area contributed by atoms with Crippen LogP contribution in [0, 0.1) is 5.92 Å². The van der Waals surface area contributed by atoms with Gasteiger partial charge in [0.2, 0.25) is 0 Å². The summed E-state index contributed by atoms with van der Waals surface area (Å²) in [4.78, 5) is 0. The van der Waals surface area contributed by atoms with Gasteiger partial charge in [0.1, 0.15) is 0 Å². The number of hydrogen-bond acceptors (Lipinski definition) is 1. The Morgan fingerprint density at radius 3 is 2.00 bits per heavy atom. The van der Waals surface area contributed by atoms with Gasteiger partial charge in [0.05, 0.1) is 0 Å². The minimum Gasteiger partial charge on any atom is -0.190 e. The Hall–Kier alpha value is 0.100. The van der Waals surface area contributed by atoms with Crippen LogP contribution in [0.5, 0.6) is 0 Å². The highest BCUT2D eigenvalue weighted by molar-refractivity contribution is 8.18. The molecule has 1 fully saturated rings. The lowest BCUT2D eigenvalue weighted by atomic mass is 10.1. The Labute approximate surface area is 66.9 Å². The summed E-state index contributed by atoms with van der Waals surface area (Å²) in [7, 11) is 0. The molecule has 1 aliphatic heterocycles. The van der Waals surface area contributed by atoms with Crippen molar-refractivity contribution in [1.82, 2.24) is 4.31 Å². The van der Waals surface area contributed by atoms with E-state index < -0.39 is 11.4 Å². The molecule has 68 valence electrons. The zero-order valence-electron chi connectivity index (χ0n) is 6.56. The first kappa shape index (κ1) is 9.19. The van der Waals surface area contributed by atoms with Crippen molar-refractivity contribution in [2.24, 2.45) is 5.92 Å². The Morgan fingerprint density at radius 2 is 1.82 bits per heavy atom. The van der Waals surface area contributed by atoms with E-state index in [0.29, 0.717) is 10.7 Å². The number of nitrogens with zero attached hydrogens (tertiary/aromatic N) is 1.